The number of allylic oxidation sites excluding steroid dienone is 1. The average molecular weight is 1850 g/mol. The number of nitrogens with one attached hydrogen (secondary N) is 4. The van der Waals surface area contributed by atoms with Gasteiger partial charge in [0.25, 0.3) is 0 Å². The van der Waals surface area contributed by atoms with E-state index in [9.17, 15) is 24.3 Å². The van der Waals surface area contributed by atoms with E-state index in [1.807, 2.05) is 137 Å². The van der Waals surface area contributed by atoms with Crippen LogP contribution in [0.5, 0.6) is 23.0 Å². The van der Waals surface area contributed by atoms with Crippen molar-refractivity contribution >= 4 is 123 Å². The number of methoxy groups -OCH3 is 5. The normalized spacial score (nSPS) is 10.3. The SMILES string of the molecule is C.CC(=O)C=P(c1ccccc1)(c1ccccc1)c1ccccc1.CCCCNc1nc(N)nc(C)c1Cc1ccc(/C=C/C(C)=O)cc1OC.CCCCNc1nc(N)nc(C)c1Cc1ccc(C(=O)OC)cc1OC.CCCCNc1nc(N)nc(C)c1Cc1ccc(C=O)cc1OC.CCCCNc1nc(N)nc(C)c1Cc1ccc(CO)cc1OC.[AlH3].[H-].[Li+].[O]=[Mn]=[O]. The first-order valence-corrected chi connectivity index (χ1v) is 44.9. The molecule has 7 aromatic carbocycles. The number of ketones is 2. The van der Waals surface area contributed by atoms with Crippen LogP contribution in [0.4, 0.5) is 47.1 Å². The van der Waals surface area contributed by atoms with E-state index < -0.39 is 27.7 Å². The summed E-state index contributed by atoms with van der Waals surface area (Å²) in [4.78, 5) is 80.6. The number of ether oxygens (including phenoxy) is 5. The van der Waals surface area contributed by atoms with Gasteiger partial charge in [0.2, 0.25) is 23.8 Å². The zero-order valence-electron chi connectivity index (χ0n) is 77.6. The summed E-state index contributed by atoms with van der Waals surface area (Å²) in [5.41, 5.74) is 37.3. The number of hydrogen-bond acceptors (Lipinski definition) is 28. The number of aromatic nitrogens is 8. The molecular formula is C98H131AlLiMnN16O12P. The molecule has 0 radical (unpaired) electrons. The molecule has 0 aliphatic heterocycles. The van der Waals surface area contributed by atoms with Crippen LogP contribution in [-0.4, -0.2) is 154 Å². The molecule has 4 aromatic heterocycles. The van der Waals surface area contributed by atoms with Gasteiger partial charge in [-0.2, -0.15) is 19.9 Å². The van der Waals surface area contributed by atoms with E-state index in [0.29, 0.717) is 48.3 Å². The van der Waals surface area contributed by atoms with Crippen molar-refractivity contribution in [1.82, 2.24) is 39.9 Å². The number of benzene rings is 7. The number of hydrogen-bond donors (Lipinski definition) is 9. The number of aliphatic hydroxyl groups is 1. The van der Waals surface area contributed by atoms with E-state index in [4.69, 9.17) is 54.3 Å². The number of aldehydes is 1. The standard InChI is InChI=1S/C21H28N4O2.C21H19OP.C19H26N4O3.C18H26N4O2.C18H24N4O2.CH4.Al.Li.Mn.2O.4H/c1-5-6-11-23-20-18(15(3)24-21(22)25-20)13-17-10-9-16(8-7-14(2)26)12-19(17)27-4;1-18(22)17-23(19-11-5-2-6-12-19,20-13-7-3-8-14-20)21-15-9-4-10-16-21;1-5-6-9-21-17-15(12(2)22-19(20)23-17)10-13-7-8-14(18(24)26-4)11-16(13)25-3;2*1-4-5-8-20-17-15(12(2)21-18(19)22-17)10-14-7-6-13(11-23)9-16(14)24-3;;;;;;;;;;/h7-10,12H,5-6,11,13H2,1-4H3,(H3,22,23,24,25);2-17H,1H3;7-8,11H,5-6,9-10H2,1-4H3,(H3,20,21,22,23);6-7,9,23H,4-5,8,10-11H2,1-3H3,(H3,19,20,21,22);6-7,9,11H,4-5,8,10H2,1-3H3,(H3,19,20,21,22);1H4;;;;;;;;;/q;;;;;;;+1;;;;;;;-1/b8-7+;;;;;;;;;;;;;;. The molecule has 11 rings (SSSR count). The molecular weight excluding hydrogens is 1710 g/mol. The van der Waals surface area contributed by atoms with Gasteiger partial charge in [-0.15, -0.1) is 0 Å². The molecule has 0 bridgehead atoms. The van der Waals surface area contributed by atoms with Crippen molar-refractivity contribution in [3.05, 3.63) is 259 Å². The molecule has 0 saturated heterocycles. The van der Waals surface area contributed by atoms with E-state index in [-0.39, 0.29) is 87.0 Å². The predicted octanol–water partition coefficient (Wildman–Crippen LogP) is 12.1. The number of carbonyl (C=O) groups is 4. The van der Waals surface area contributed by atoms with E-state index in [0.717, 1.165) is 197 Å². The van der Waals surface area contributed by atoms with Gasteiger partial charge in [0.05, 0.1) is 47.7 Å². The number of unbranched alkanes of at least 4 members (excludes halogenated alkanes) is 4. The average Bonchev–Trinajstić information content (AvgIpc) is 0.752. The maximum absolute atomic E-state index is 12.2. The molecule has 0 spiro atoms. The van der Waals surface area contributed by atoms with Crippen LogP contribution in [-0.2, 0) is 69.1 Å². The molecule has 4 heterocycles. The summed E-state index contributed by atoms with van der Waals surface area (Å²) in [6.45, 7) is 20.7. The number of nitrogens with two attached hydrogens (primary N) is 4. The van der Waals surface area contributed by atoms with E-state index in [2.05, 4.69) is 125 Å². The molecule has 0 amide bonds. The number of aryl methyl sites for hydroxylation is 4. The van der Waals surface area contributed by atoms with Gasteiger partial charge in [0.15, 0.2) is 28.9 Å². The van der Waals surface area contributed by atoms with Crippen LogP contribution in [0.25, 0.3) is 6.08 Å². The fraction of sp³-hybridized carbons (Fsp3) is 0.337. The van der Waals surface area contributed by atoms with Crippen LogP contribution in [0.3, 0.4) is 0 Å². The van der Waals surface area contributed by atoms with E-state index >= 15 is 0 Å². The summed E-state index contributed by atoms with van der Waals surface area (Å²) in [6.07, 6.45) is 15.2. The summed E-state index contributed by atoms with van der Waals surface area (Å²) in [5, 5.41) is 26.3. The number of aliphatic hydroxyl groups excluding tert-OH is 1. The van der Waals surface area contributed by atoms with Crippen LogP contribution in [0.2, 0.25) is 0 Å². The molecule has 691 valence electrons. The minimum absolute atomic E-state index is 0. The number of esters is 1. The molecule has 13 N–H and O–H groups in total. The number of anilines is 8. The molecule has 0 unspecified atom stereocenters. The van der Waals surface area contributed by atoms with Crippen molar-refractivity contribution in [1.29, 1.82) is 0 Å². The minimum atomic E-state index is -2.08. The third-order valence-electron chi connectivity index (χ3n) is 20.1. The molecule has 11 aromatic rings. The second-order valence-electron chi connectivity index (χ2n) is 29.4. The van der Waals surface area contributed by atoms with Gasteiger partial charge in [-0.1, -0.05) is 200 Å². The summed E-state index contributed by atoms with van der Waals surface area (Å²) >= 11 is -1.44. The van der Waals surface area contributed by atoms with Crippen molar-refractivity contribution in [2.45, 2.75) is 160 Å². The first-order valence-electron chi connectivity index (χ1n) is 42.0. The topological polar surface area (TPSA) is 424 Å². The summed E-state index contributed by atoms with van der Waals surface area (Å²) in [5.74, 6) is 8.56. The van der Waals surface area contributed by atoms with Crippen LogP contribution >= 0.6 is 6.89 Å². The number of nitrogen functional groups attached to an aromatic ring is 4. The van der Waals surface area contributed by atoms with Crippen LogP contribution in [0, 0.1) is 27.7 Å². The molecule has 0 atom stereocenters. The monoisotopic (exact) mass is 1840 g/mol. The van der Waals surface area contributed by atoms with Crippen molar-refractivity contribution in [3.63, 3.8) is 0 Å². The molecule has 32 heteroatoms. The molecule has 0 aliphatic carbocycles. The fourth-order valence-corrected chi connectivity index (χ4v) is 17.3. The third kappa shape index (κ3) is 34.9. The van der Waals surface area contributed by atoms with E-state index in [1.165, 1.54) is 29.9 Å². The third-order valence-corrected chi connectivity index (χ3v) is 24.2. The van der Waals surface area contributed by atoms with Gasteiger partial charge in [-0.05, 0) is 166 Å². The van der Waals surface area contributed by atoms with Gasteiger partial charge < -0.3 is 74.4 Å². The Kier molecular flexibility index (Phi) is 52.0. The van der Waals surface area contributed by atoms with E-state index in [1.54, 1.807) is 71.8 Å². The fourth-order valence-electron chi connectivity index (χ4n) is 13.5. The second kappa shape index (κ2) is 60.1. The Hall–Kier alpha value is -11.8. The molecule has 130 heavy (non-hydrogen) atoms. The second-order valence-corrected chi connectivity index (χ2v) is 32.8. The number of carbonyl (C=O) groups excluding carboxylic acids is 4. The quantitative estimate of drug-likeness (QED) is 0.00436. The van der Waals surface area contributed by atoms with Gasteiger partial charge in [-0.25, -0.2) is 24.7 Å². The van der Waals surface area contributed by atoms with Crippen molar-refractivity contribution in [2.24, 2.45) is 0 Å². The Morgan fingerprint density at radius 2 is 0.738 bits per heavy atom. The van der Waals surface area contributed by atoms with Gasteiger partial charge in [-0.3, -0.25) is 14.4 Å². The Labute approximate surface area is 796 Å². The number of nitrogens with zero attached hydrogens (tertiary/aromatic N) is 8. The zero-order chi connectivity index (χ0) is 92.8. The Bertz CT molecular complexity index is 5440. The van der Waals surface area contributed by atoms with Crippen LogP contribution in [0.15, 0.2) is 170 Å². The summed E-state index contributed by atoms with van der Waals surface area (Å²) in [6, 6.07) is 53.4. The van der Waals surface area contributed by atoms with Crippen molar-refractivity contribution < 1.29 is 90.7 Å². The number of rotatable bonds is 37. The summed E-state index contributed by atoms with van der Waals surface area (Å²) < 4.78 is 43.5. The van der Waals surface area contributed by atoms with Crippen LogP contribution < -0.4 is 97.9 Å². The molecule has 0 aliphatic rings. The molecule has 28 nitrogen and oxygen atoms in total. The first-order chi connectivity index (χ1) is 61.2. The van der Waals surface area contributed by atoms with Crippen molar-refractivity contribution in [3.8, 4) is 23.0 Å². The number of Topliss-reactive ketones (excluding diaryl/α,β-unsaturated/α-hetero) is 1. The van der Waals surface area contributed by atoms with Crippen LogP contribution in [0.1, 0.15) is 201 Å². The Morgan fingerprint density at radius 3 is 1.03 bits per heavy atom. The zero-order valence-corrected chi connectivity index (χ0v) is 78.6. The molecule has 0 saturated carbocycles. The van der Waals surface area contributed by atoms with Gasteiger partial charge in [0, 0.05) is 102 Å². The Balaban J connectivity index is 0.000000546. The predicted molar refractivity (Wildman–Crippen MR) is 525 cm³/mol. The van der Waals surface area contributed by atoms with Crippen molar-refractivity contribution in [2.75, 3.05) is 106 Å². The van der Waals surface area contributed by atoms with Gasteiger partial charge >= 0.3 is 47.3 Å². The summed E-state index contributed by atoms with van der Waals surface area (Å²) in [7, 11) is 7.80. The first kappa shape index (κ1) is 112. The molecule has 0 fully saturated rings. The maximum atomic E-state index is 12.2. The Morgan fingerprint density at radius 1 is 0.438 bits per heavy atom. The van der Waals surface area contributed by atoms with Gasteiger partial charge in [0.1, 0.15) is 52.6 Å².